The molecule has 0 radical (unpaired) electrons. The Bertz CT molecular complexity index is 716. The number of carbonyl (C=O) groups excluding carboxylic acids is 2. The van der Waals surface area contributed by atoms with Crippen LogP contribution in [-0.4, -0.2) is 30.8 Å². The van der Waals surface area contributed by atoms with Crippen molar-refractivity contribution in [2.45, 2.75) is 19.4 Å². The summed E-state index contributed by atoms with van der Waals surface area (Å²) < 4.78 is 0. The second-order valence-corrected chi connectivity index (χ2v) is 5.90. The van der Waals surface area contributed by atoms with Gasteiger partial charge in [-0.15, -0.1) is 0 Å². The van der Waals surface area contributed by atoms with Crippen molar-refractivity contribution in [2.24, 2.45) is 0 Å². The molecule has 23 heavy (non-hydrogen) atoms. The van der Waals surface area contributed by atoms with Crippen molar-refractivity contribution < 1.29 is 9.59 Å². The molecule has 1 heterocycles. The Balaban J connectivity index is 1.86. The van der Waals surface area contributed by atoms with E-state index in [1.807, 2.05) is 19.1 Å². The highest BCUT2D eigenvalue weighted by Crippen LogP contribution is 2.16. The fraction of sp³-hybridized carbons (Fsp3) is 0.263. The molecule has 1 amide bonds. The van der Waals surface area contributed by atoms with Crippen molar-refractivity contribution in [2.75, 3.05) is 13.1 Å². The average molecular weight is 308 g/mol. The molecule has 3 rings (SSSR count). The number of rotatable bonds is 4. The molecule has 2 aromatic rings. The maximum atomic E-state index is 12.7. The number of hydrogen-bond acceptors (Lipinski definition) is 3. The smallest absolute Gasteiger partial charge is 0.252 e. The predicted molar refractivity (Wildman–Crippen MR) is 89.8 cm³/mol. The largest absolute Gasteiger partial charge is 0.348 e. The summed E-state index contributed by atoms with van der Waals surface area (Å²) in [4.78, 5) is 25.2. The molecule has 2 aromatic carbocycles. The van der Waals surface area contributed by atoms with Gasteiger partial charge in [-0.25, -0.2) is 0 Å². The number of nitrogens with one attached hydrogen (secondary N) is 2. The van der Waals surface area contributed by atoms with E-state index < -0.39 is 0 Å². The lowest BCUT2D eigenvalue weighted by Gasteiger charge is -2.13. The van der Waals surface area contributed by atoms with Gasteiger partial charge in [-0.05, 0) is 26.0 Å². The Hall–Kier alpha value is -2.46. The van der Waals surface area contributed by atoms with Crippen LogP contribution in [0.15, 0.2) is 48.5 Å². The summed E-state index contributed by atoms with van der Waals surface area (Å²) in [5.41, 5.74) is 2.57. The van der Waals surface area contributed by atoms with Crippen molar-refractivity contribution in [1.82, 2.24) is 10.6 Å². The lowest BCUT2D eigenvalue weighted by atomic mass is 9.97. The van der Waals surface area contributed by atoms with Gasteiger partial charge in [0, 0.05) is 23.7 Å². The minimum Gasteiger partial charge on any atom is -0.348 e. The van der Waals surface area contributed by atoms with Crippen molar-refractivity contribution in [3.8, 4) is 0 Å². The highest BCUT2D eigenvalue weighted by atomic mass is 16.2. The normalized spacial score (nSPS) is 17.0. The zero-order chi connectivity index (χ0) is 16.2. The third kappa shape index (κ3) is 3.48. The minimum atomic E-state index is -0.185. The summed E-state index contributed by atoms with van der Waals surface area (Å²) in [7, 11) is 0. The summed E-state index contributed by atoms with van der Waals surface area (Å²) in [6, 6.07) is 14.5. The summed E-state index contributed by atoms with van der Waals surface area (Å²) >= 11 is 0. The molecule has 1 atom stereocenters. The van der Waals surface area contributed by atoms with Crippen molar-refractivity contribution in [3.05, 3.63) is 70.8 Å². The van der Waals surface area contributed by atoms with E-state index in [1.165, 1.54) is 0 Å². The molecular formula is C19H20N2O2. The topological polar surface area (TPSA) is 58.2 Å². The lowest BCUT2D eigenvalue weighted by Crippen LogP contribution is -2.36. The summed E-state index contributed by atoms with van der Waals surface area (Å²) in [5.74, 6) is -0.310. The molecule has 1 aliphatic rings. The Morgan fingerprint density at radius 3 is 2.39 bits per heavy atom. The maximum Gasteiger partial charge on any atom is 0.252 e. The summed E-state index contributed by atoms with van der Waals surface area (Å²) in [6.07, 6.45) is 0.916. The first kappa shape index (κ1) is 15.4. The van der Waals surface area contributed by atoms with Gasteiger partial charge in [0.05, 0.1) is 5.56 Å². The molecule has 4 nitrogen and oxygen atoms in total. The van der Waals surface area contributed by atoms with Gasteiger partial charge in [-0.2, -0.15) is 0 Å². The van der Waals surface area contributed by atoms with E-state index in [4.69, 9.17) is 0 Å². The highest BCUT2D eigenvalue weighted by molar-refractivity contribution is 6.15. The quantitative estimate of drug-likeness (QED) is 0.852. The number of carbonyl (C=O) groups is 2. The lowest BCUT2D eigenvalue weighted by molar-refractivity contribution is 0.0929. The molecule has 0 bridgehead atoms. The van der Waals surface area contributed by atoms with Crippen LogP contribution in [0.4, 0.5) is 0 Å². The molecule has 4 heteroatoms. The molecule has 0 spiro atoms. The van der Waals surface area contributed by atoms with Gasteiger partial charge in [0.25, 0.3) is 5.91 Å². The van der Waals surface area contributed by atoms with E-state index in [0.717, 1.165) is 25.1 Å². The second-order valence-electron chi connectivity index (χ2n) is 5.90. The molecule has 2 N–H and O–H groups in total. The third-order valence-corrected chi connectivity index (χ3v) is 4.13. The van der Waals surface area contributed by atoms with Crippen LogP contribution in [0.5, 0.6) is 0 Å². The van der Waals surface area contributed by atoms with E-state index in [2.05, 4.69) is 10.6 Å². The Morgan fingerprint density at radius 2 is 1.74 bits per heavy atom. The Morgan fingerprint density at radius 1 is 1.04 bits per heavy atom. The number of ketones is 1. The van der Waals surface area contributed by atoms with Crippen LogP contribution in [0.2, 0.25) is 0 Å². The van der Waals surface area contributed by atoms with Crippen LogP contribution in [0.3, 0.4) is 0 Å². The van der Waals surface area contributed by atoms with Crippen molar-refractivity contribution >= 4 is 11.7 Å². The molecule has 1 saturated heterocycles. The summed E-state index contributed by atoms with van der Waals surface area (Å²) in [6.45, 7) is 3.67. The molecule has 1 aliphatic heterocycles. The van der Waals surface area contributed by atoms with Crippen LogP contribution in [0.25, 0.3) is 0 Å². The first-order valence-electron chi connectivity index (χ1n) is 7.87. The highest BCUT2D eigenvalue weighted by Gasteiger charge is 2.21. The third-order valence-electron chi connectivity index (χ3n) is 4.13. The fourth-order valence-corrected chi connectivity index (χ4v) is 2.78. The van der Waals surface area contributed by atoms with Gasteiger partial charge in [-0.1, -0.05) is 48.0 Å². The van der Waals surface area contributed by atoms with E-state index in [0.29, 0.717) is 16.7 Å². The maximum absolute atomic E-state index is 12.7. The van der Waals surface area contributed by atoms with Crippen LogP contribution >= 0.6 is 0 Å². The van der Waals surface area contributed by atoms with Crippen molar-refractivity contribution in [3.63, 3.8) is 0 Å². The molecular weight excluding hydrogens is 288 g/mol. The Kier molecular flexibility index (Phi) is 4.53. The molecule has 0 aliphatic carbocycles. The number of benzene rings is 2. The van der Waals surface area contributed by atoms with Crippen LogP contribution in [0, 0.1) is 6.92 Å². The molecule has 1 unspecified atom stereocenters. The van der Waals surface area contributed by atoms with Gasteiger partial charge >= 0.3 is 0 Å². The van der Waals surface area contributed by atoms with Gasteiger partial charge < -0.3 is 10.6 Å². The first-order valence-corrected chi connectivity index (χ1v) is 7.87. The average Bonchev–Trinajstić information content (AvgIpc) is 3.08. The van der Waals surface area contributed by atoms with E-state index in [9.17, 15) is 9.59 Å². The van der Waals surface area contributed by atoms with Gasteiger partial charge in [0.15, 0.2) is 5.78 Å². The van der Waals surface area contributed by atoms with Gasteiger partial charge in [0.2, 0.25) is 0 Å². The number of aryl methyl sites for hydroxylation is 1. The molecule has 0 aromatic heterocycles. The van der Waals surface area contributed by atoms with Crippen LogP contribution in [0.1, 0.15) is 38.3 Å². The standard InChI is InChI=1S/C19H20N2O2/c1-13-6-8-14(9-7-13)18(22)16-4-2-3-5-17(16)19(23)21-15-10-11-20-12-15/h2-9,15,20H,10-12H2,1H3,(H,21,23). The van der Waals surface area contributed by atoms with Gasteiger partial charge in [0.1, 0.15) is 0 Å². The SMILES string of the molecule is Cc1ccc(C(=O)c2ccccc2C(=O)NC2CCNC2)cc1. The zero-order valence-electron chi connectivity index (χ0n) is 13.1. The molecule has 1 fully saturated rings. The first-order chi connectivity index (χ1) is 11.1. The number of hydrogen-bond donors (Lipinski definition) is 2. The van der Waals surface area contributed by atoms with E-state index in [-0.39, 0.29) is 17.7 Å². The predicted octanol–water partition coefficient (Wildman–Crippen LogP) is 2.32. The summed E-state index contributed by atoms with van der Waals surface area (Å²) in [5, 5.41) is 6.21. The van der Waals surface area contributed by atoms with E-state index in [1.54, 1.807) is 36.4 Å². The minimum absolute atomic E-state index is 0.125. The number of amides is 1. The molecule has 118 valence electrons. The second kappa shape index (κ2) is 6.75. The van der Waals surface area contributed by atoms with Gasteiger partial charge in [-0.3, -0.25) is 9.59 Å². The van der Waals surface area contributed by atoms with Crippen LogP contribution < -0.4 is 10.6 Å². The van der Waals surface area contributed by atoms with E-state index >= 15 is 0 Å². The molecule has 0 saturated carbocycles. The zero-order valence-corrected chi connectivity index (χ0v) is 13.1. The van der Waals surface area contributed by atoms with Crippen molar-refractivity contribution in [1.29, 1.82) is 0 Å². The monoisotopic (exact) mass is 308 g/mol. The Labute approximate surface area is 135 Å². The van der Waals surface area contributed by atoms with Crippen LogP contribution in [-0.2, 0) is 0 Å². The fourth-order valence-electron chi connectivity index (χ4n) is 2.78.